The van der Waals surface area contributed by atoms with Gasteiger partial charge in [-0.3, -0.25) is 4.57 Å². The van der Waals surface area contributed by atoms with E-state index in [-0.39, 0.29) is 23.4 Å². The maximum atomic E-state index is 13.4. The first-order valence-corrected chi connectivity index (χ1v) is 6.66. The Hall–Kier alpha value is -2.97. The summed E-state index contributed by atoms with van der Waals surface area (Å²) < 4.78 is 29.4. The fraction of sp³-hybridized carbons (Fsp3) is 0.385. The first-order chi connectivity index (χ1) is 11.4. The minimum Gasteiger partial charge on any atom is -0.438 e. The molecule has 0 amide bonds. The van der Waals surface area contributed by atoms with Crippen LogP contribution in [0.1, 0.15) is 12.6 Å². The number of rotatable bonds is 2. The number of hydrogen-bond donors (Lipinski definition) is 2. The van der Waals surface area contributed by atoms with Gasteiger partial charge < -0.3 is 25.1 Å². The second-order valence-corrected chi connectivity index (χ2v) is 4.89. The standard InChI is InChI=1S/C13H12FN5O5/c1-3-13(24-12(21)22-2)6(20)4-7(23-13)19-5-16-8-9(15)17-11(14)18-10(8)19/h1,5-7,20H,4H2,2H3,(H2,15,17,18)/t6-,7+,13+/m0/s1. The van der Waals surface area contributed by atoms with Crippen LogP contribution in [0.2, 0.25) is 0 Å². The van der Waals surface area contributed by atoms with Gasteiger partial charge in [-0.05, 0) is 5.92 Å². The minimum absolute atomic E-state index is 0.0445. The summed E-state index contributed by atoms with van der Waals surface area (Å²) in [7, 11) is 1.08. The molecule has 0 aromatic carbocycles. The zero-order valence-corrected chi connectivity index (χ0v) is 12.3. The smallest absolute Gasteiger partial charge is 0.438 e. The first kappa shape index (κ1) is 15.9. The Bertz CT molecular complexity index is 849. The summed E-state index contributed by atoms with van der Waals surface area (Å²) >= 11 is 0. The molecule has 3 rings (SSSR count). The molecule has 11 heteroatoms. The third-order valence-corrected chi connectivity index (χ3v) is 3.51. The van der Waals surface area contributed by atoms with Crippen LogP contribution in [0.3, 0.4) is 0 Å². The average Bonchev–Trinajstić information content (AvgIpc) is 3.09. The normalized spacial score (nSPS) is 26.2. The first-order valence-electron chi connectivity index (χ1n) is 6.66. The molecule has 24 heavy (non-hydrogen) atoms. The molecule has 126 valence electrons. The number of aliphatic hydroxyl groups is 1. The summed E-state index contributed by atoms with van der Waals surface area (Å²) in [4.78, 5) is 22.3. The van der Waals surface area contributed by atoms with Crippen LogP contribution in [0.4, 0.5) is 15.0 Å². The van der Waals surface area contributed by atoms with Gasteiger partial charge in [0.05, 0.1) is 13.4 Å². The Kier molecular flexibility index (Phi) is 3.70. The van der Waals surface area contributed by atoms with Crippen molar-refractivity contribution in [2.45, 2.75) is 24.5 Å². The number of fused-ring (bicyclic) bond motifs is 1. The quantitative estimate of drug-likeness (QED) is 0.439. The number of imidazole rings is 1. The van der Waals surface area contributed by atoms with Crippen molar-refractivity contribution >= 4 is 23.1 Å². The molecule has 1 aliphatic rings. The van der Waals surface area contributed by atoms with Gasteiger partial charge in [0, 0.05) is 6.42 Å². The molecule has 2 aromatic rings. The number of terminal acetylenes is 1. The van der Waals surface area contributed by atoms with Crippen molar-refractivity contribution in [3.63, 3.8) is 0 Å². The maximum absolute atomic E-state index is 13.4. The fourth-order valence-corrected chi connectivity index (χ4v) is 2.38. The molecular formula is C13H12FN5O5. The van der Waals surface area contributed by atoms with Gasteiger partial charge >= 0.3 is 18.0 Å². The van der Waals surface area contributed by atoms with E-state index in [1.54, 1.807) is 0 Å². The van der Waals surface area contributed by atoms with Crippen molar-refractivity contribution in [3.05, 3.63) is 12.4 Å². The van der Waals surface area contributed by atoms with Crippen LogP contribution in [0.5, 0.6) is 0 Å². The molecule has 3 atom stereocenters. The highest BCUT2D eigenvalue weighted by Crippen LogP contribution is 2.39. The summed E-state index contributed by atoms with van der Waals surface area (Å²) in [5.74, 6) is -0.105. The lowest BCUT2D eigenvalue weighted by Crippen LogP contribution is -2.42. The lowest BCUT2D eigenvalue weighted by atomic mass is 10.1. The van der Waals surface area contributed by atoms with Crippen LogP contribution in [0.15, 0.2) is 6.33 Å². The molecule has 0 aliphatic carbocycles. The number of aromatic nitrogens is 4. The molecule has 1 aliphatic heterocycles. The third kappa shape index (κ3) is 2.38. The Morgan fingerprint density at radius 2 is 2.42 bits per heavy atom. The number of methoxy groups -OCH3 is 1. The van der Waals surface area contributed by atoms with Crippen LogP contribution in [-0.2, 0) is 14.2 Å². The molecule has 1 fully saturated rings. The lowest BCUT2D eigenvalue weighted by Gasteiger charge is -2.25. The predicted octanol–water partition coefficient (Wildman–Crippen LogP) is -0.0601. The summed E-state index contributed by atoms with van der Waals surface area (Å²) in [5.41, 5.74) is 5.78. The Balaban J connectivity index is 1.98. The van der Waals surface area contributed by atoms with Crippen molar-refractivity contribution in [3.8, 4) is 12.3 Å². The number of carbonyl (C=O) groups is 1. The number of ether oxygens (including phenoxy) is 3. The van der Waals surface area contributed by atoms with Crippen LogP contribution >= 0.6 is 0 Å². The van der Waals surface area contributed by atoms with Crippen LogP contribution in [-0.4, -0.2) is 49.8 Å². The average molecular weight is 337 g/mol. The molecule has 1 saturated heterocycles. The SMILES string of the molecule is C#C[C@]1(OC(=O)OC)O[C@@H](n2cnc3c(N)nc(F)nc32)C[C@@H]1O. The summed E-state index contributed by atoms with van der Waals surface area (Å²) in [6.45, 7) is 0. The van der Waals surface area contributed by atoms with Crippen molar-refractivity contribution < 1.29 is 28.5 Å². The largest absolute Gasteiger partial charge is 0.511 e. The Labute approximate surface area is 134 Å². The van der Waals surface area contributed by atoms with Crippen molar-refractivity contribution in [2.75, 3.05) is 12.8 Å². The highest BCUT2D eigenvalue weighted by molar-refractivity contribution is 5.81. The molecule has 0 saturated carbocycles. The molecule has 3 heterocycles. The number of carbonyl (C=O) groups excluding carboxylic acids is 1. The number of halogens is 1. The molecule has 0 bridgehead atoms. The monoisotopic (exact) mass is 337 g/mol. The molecule has 0 radical (unpaired) electrons. The highest BCUT2D eigenvalue weighted by atomic mass is 19.1. The van der Waals surface area contributed by atoms with Gasteiger partial charge in [0.2, 0.25) is 0 Å². The third-order valence-electron chi connectivity index (χ3n) is 3.51. The highest BCUT2D eigenvalue weighted by Gasteiger charge is 2.52. The molecule has 2 aromatic heterocycles. The van der Waals surface area contributed by atoms with Gasteiger partial charge in [0.1, 0.15) is 12.3 Å². The number of anilines is 1. The van der Waals surface area contributed by atoms with Gasteiger partial charge in [-0.15, -0.1) is 6.42 Å². The number of aliphatic hydroxyl groups excluding tert-OH is 1. The molecule has 10 nitrogen and oxygen atoms in total. The van der Waals surface area contributed by atoms with E-state index >= 15 is 0 Å². The molecule has 0 unspecified atom stereocenters. The number of nitrogens with zero attached hydrogens (tertiary/aromatic N) is 4. The van der Waals surface area contributed by atoms with E-state index in [4.69, 9.17) is 21.6 Å². The van der Waals surface area contributed by atoms with Gasteiger partial charge in [-0.1, -0.05) is 0 Å². The summed E-state index contributed by atoms with van der Waals surface area (Å²) in [6.07, 6.45) is 2.09. The van der Waals surface area contributed by atoms with Gasteiger partial charge in [-0.2, -0.15) is 14.4 Å². The summed E-state index contributed by atoms with van der Waals surface area (Å²) in [6, 6.07) is 0. The van der Waals surface area contributed by atoms with E-state index in [1.807, 2.05) is 0 Å². The number of nitrogen functional groups attached to an aromatic ring is 1. The zero-order valence-electron chi connectivity index (χ0n) is 12.3. The van der Waals surface area contributed by atoms with E-state index < -0.39 is 30.4 Å². The molecule has 3 N–H and O–H groups in total. The van der Waals surface area contributed by atoms with E-state index in [9.17, 15) is 14.3 Å². The van der Waals surface area contributed by atoms with Crippen LogP contribution < -0.4 is 5.73 Å². The second-order valence-electron chi connectivity index (χ2n) is 4.89. The van der Waals surface area contributed by atoms with Crippen molar-refractivity contribution in [2.24, 2.45) is 0 Å². The maximum Gasteiger partial charge on any atom is 0.511 e. The molecule has 0 spiro atoms. The zero-order chi connectivity index (χ0) is 17.5. The van der Waals surface area contributed by atoms with E-state index in [2.05, 4.69) is 25.6 Å². The number of nitrogens with two attached hydrogens (primary N) is 1. The van der Waals surface area contributed by atoms with E-state index in [1.165, 1.54) is 10.9 Å². The number of hydrogen-bond acceptors (Lipinski definition) is 9. The van der Waals surface area contributed by atoms with Crippen molar-refractivity contribution in [1.29, 1.82) is 0 Å². The predicted molar refractivity (Wildman–Crippen MR) is 75.5 cm³/mol. The van der Waals surface area contributed by atoms with Gasteiger partial charge in [0.25, 0.3) is 0 Å². The van der Waals surface area contributed by atoms with Gasteiger partial charge in [-0.25, -0.2) is 9.78 Å². The lowest BCUT2D eigenvalue weighted by molar-refractivity contribution is -0.204. The van der Waals surface area contributed by atoms with E-state index in [0.717, 1.165) is 7.11 Å². The topological polar surface area (TPSA) is 135 Å². The second kappa shape index (κ2) is 5.59. The van der Waals surface area contributed by atoms with Crippen molar-refractivity contribution in [1.82, 2.24) is 19.5 Å². The van der Waals surface area contributed by atoms with Crippen LogP contribution in [0.25, 0.3) is 11.2 Å². The minimum atomic E-state index is -2.05. The van der Waals surface area contributed by atoms with E-state index in [0.29, 0.717) is 0 Å². The Morgan fingerprint density at radius 1 is 1.67 bits per heavy atom. The summed E-state index contributed by atoms with van der Waals surface area (Å²) in [5, 5.41) is 10.2. The van der Waals surface area contributed by atoms with Gasteiger partial charge in [0.15, 0.2) is 17.0 Å². The molecular weight excluding hydrogens is 325 g/mol. The van der Waals surface area contributed by atoms with Crippen LogP contribution in [0, 0.1) is 18.4 Å². The fourth-order valence-electron chi connectivity index (χ4n) is 2.38. The Morgan fingerprint density at radius 3 is 3.08 bits per heavy atom.